The molecule has 3 N–H and O–H groups in total. The van der Waals surface area contributed by atoms with Gasteiger partial charge in [0.05, 0.1) is 7.11 Å². The van der Waals surface area contributed by atoms with E-state index >= 15 is 0 Å². The second kappa shape index (κ2) is 7.34. The molecule has 1 aromatic heterocycles. The molecule has 1 atom stereocenters. The van der Waals surface area contributed by atoms with Gasteiger partial charge in [0, 0.05) is 13.6 Å². The van der Waals surface area contributed by atoms with Crippen LogP contribution in [0.15, 0.2) is 0 Å². The van der Waals surface area contributed by atoms with E-state index in [9.17, 15) is 4.79 Å². The first kappa shape index (κ1) is 14.9. The van der Waals surface area contributed by atoms with Crippen molar-refractivity contribution in [2.45, 2.75) is 26.3 Å². The van der Waals surface area contributed by atoms with Crippen LogP contribution in [0.2, 0.25) is 0 Å². The van der Waals surface area contributed by atoms with Crippen LogP contribution in [-0.4, -0.2) is 47.6 Å². The predicted octanol–water partition coefficient (Wildman–Crippen LogP) is 0.248. The van der Waals surface area contributed by atoms with Crippen LogP contribution in [0.5, 0.6) is 6.01 Å². The fourth-order valence-electron chi connectivity index (χ4n) is 1.28. The predicted molar refractivity (Wildman–Crippen MR) is 72.3 cm³/mol. The van der Waals surface area contributed by atoms with E-state index in [-0.39, 0.29) is 17.9 Å². The van der Waals surface area contributed by atoms with E-state index in [2.05, 4.69) is 30.9 Å². The van der Waals surface area contributed by atoms with Gasteiger partial charge in [-0.05, 0) is 13.3 Å². The molecule has 0 aliphatic rings. The zero-order chi connectivity index (χ0) is 14.3. The molecule has 0 saturated carbocycles. The average molecular weight is 268 g/mol. The van der Waals surface area contributed by atoms with Crippen LogP contribution < -0.4 is 20.7 Å². The Morgan fingerprint density at radius 1 is 1.32 bits per heavy atom. The molecule has 1 heterocycles. The van der Waals surface area contributed by atoms with E-state index in [1.54, 1.807) is 14.0 Å². The van der Waals surface area contributed by atoms with Gasteiger partial charge in [-0.25, -0.2) is 0 Å². The largest absolute Gasteiger partial charge is 0.467 e. The van der Waals surface area contributed by atoms with Gasteiger partial charge < -0.3 is 20.7 Å². The summed E-state index contributed by atoms with van der Waals surface area (Å²) >= 11 is 0. The van der Waals surface area contributed by atoms with Gasteiger partial charge in [0.1, 0.15) is 6.04 Å². The maximum absolute atomic E-state index is 11.7. The summed E-state index contributed by atoms with van der Waals surface area (Å²) in [5.74, 6) is 0.554. The van der Waals surface area contributed by atoms with E-state index in [0.717, 1.165) is 6.42 Å². The van der Waals surface area contributed by atoms with Crippen LogP contribution in [0, 0.1) is 0 Å². The Labute approximate surface area is 112 Å². The topological polar surface area (TPSA) is 101 Å². The average Bonchev–Trinajstić information content (AvgIpc) is 2.43. The van der Waals surface area contributed by atoms with Gasteiger partial charge in [-0.15, -0.1) is 0 Å². The molecule has 1 aromatic rings. The number of aromatic nitrogens is 3. The van der Waals surface area contributed by atoms with Crippen molar-refractivity contribution in [1.29, 1.82) is 0 Å². The number of anilines is 2. The summed E-state index contributed by atoms with van der Waals surface area (Å²) in [6.07, 6.45) is 0.891. The second-order valence-corrected chi connectivity index (χ2v) is 3.88. The van der Waals surface area contributed by atoms with E-state index in [4.69, 9.17) is 4.74 Å². The summed E-state index contributed by atoms with van der Waals surface area (Å²) in [5.41, 5.74) is 0. The number of hydrogen-bond acceptors (Lipinski definition) is 7. The fourth-order valence-corrected chi connectivity index (χ4v) is 1.28. The number of nitrogens with one attached hydrogen (secondary N) is 3. The molecule has 1 unspecified atom stereocenters. The molecule has 0 bridgehead atoms. The van der Waals surface area contributed by atoms with Crippen LogP contribution in [-0.2, 0) is 4.79 Å². The SMILES string of the molecule is CCCNC(=O)C(C)Nc1nc(NC)nc(OC)n1. The zero-order valence-corrected chi connectivity index (χ0v) is 11.6. The number of rotatable bonds is 7. The van der Waals surface area contributed by atoms with Crippen molar-refractivity contribution < 1.29 is 9.53 Å². The number of carbonyl (C=O) groups is 1. The van der Waals surface area contributed by atoms with Crippen molar-refractivity contribution in [3.63, 3.8) is 0 Å². The van der Waals surface area contributed by atoms with E-state index < -0.39 is 6.04 Å². The third-order valence-electron chi connectivity index (χ3n) is 2.31. The van der Waals surface area contributed by atoms with Gasteiger partial charge in [-0.2, -0.15) is 15.0 Å². The Morgan fingerprint density at radius 2 is 2.00 bits per heavy atom. The summed E-state index contributed by atoms with van der Waals surface area (Å²) in [5, 5.41) is 8.49. The van der Waals surface area contributed by atoms with E-state index in [1.165, 1.54) is 7.11 Å². The minimum Gasteiger partial charge on any atom is -0.467 e. The van der Waals surface area contributed by atoms with Crippen molar-refractivity contribution in [3.05, 3.63) is 0 Å². The maximum atomic E-state index is 11.7. The molecule has 106 valence electrons. The Balaban J connectivity index is 2.72. The molecule has 0 saturated heterocycles. The lowest BCUT2D eigenvalue weighted by atomic mass is 10.3. The highest BCUT2D eigenvalue weighted by Crippen LogP contribution is 2.10. The molecule has 0 aromatic carbocycles. The van der Waals surface area contributed by atoms with Crippen molar-refractivity contribution in [2.24, 2.45) is 0 Å². The van der Waals surface area contributed by atoms with Crippen molar-refractivity contribution >= 4 is 17.8 Å². The zero-order valence-electron chi connectivity index (χ0n) is 11.6. The first-order valence-electron chi connectivity index (χ1n) is 6.12. The minimum absolute atomic E-state index is 0.104. The second-order valence-electron chi connectivity index (χ2n) is 3.88. The molecule has 19 heavy (non-hydrogen) atoms. The Morgan fingerprint density at radius 3 is 2.58 bits per heavy atom. The molecule has 0 radical (unpaired) electrons. The van der Waals surface area contributed by atoms with Crippen LogP contribution in [0.1, 0.15) is 20.3 Å². The lowest BCUT2D eigenvalue weighted by molar-refractivity contribution is -0.121. The van der Waals surface area contributed by atoms with Gasteiger partial charge in [0.2, 0.25) is 17.8 Å². The lowest BCUT2D eigenvalue weighted by Crippen LogP contribution is -2.38. The van der Waals surface area contributed by atoms with Gasteiger partial charge in [-0.3, -0.25) is 4.79 Å². The number of carbonyl (C=O) groups excluding carboxylic acids is 1. The first-order chi connectivity index (χ1) is 9.10. The summed E-state index contributed by atoms with van der Waals surface area (Å²) in [4.78, 5) is 23.8. The number of ether oxygens (including phenoxy) is 1. The number of methoxy groups -OCH3 is 1. The molecule has 0 fully saturated rings. The lowest BCUT2D eigenvalue weighted by Gasteiger charge is -2.14. The number of amides is 1. The van der Waals surface area contributed by atoms with Crippen molar-refractivity contribution in [1.82, 2.24) is 20.3 Å². The van der Waals surface area contributed by atoms with Crippen LogP contribution in [0.3, 0.4) is 0 Å². The first-order valence-corrected chi connectivity index (χ1v) is 6.12. The molecule has 0 aliphatic heterocycles. The third-order valence-corrected chi connectivity index (χ3v) is 2.31. The minimum atomic E-state index is -0.441. The van der Waals surface area contributed by atoms with Crippen LogP contribution in [0.4, 0.5) is 11.9 Å². The molecule has 0 spiro atoms. The van der Waals surface area contributed by atoms with Gasteiger partial charge in [0.15, 0.2) is 0 Å². The molecule has 8 heteroatoms. The van der Waals surface area contributed by atoms with E-state index in [0.29, 0.717) is 12.5 Å². The van der Waals surface area contributed by atoms with Crippen LogP contribution >= 0.6 is 0 Å². The molecule has 0 aliphatic carbocycles. The normalized spacial score (nSPS) is 11.6. The third kappa shape index (κ3) is 4.57. The van der Waals surface area contributed by atoms with Crippen LogP contribution in [0.25, 0.3) is 0 Å². The summed E-state index contributed by atoms with van der Waals surface area (Å²) in [6.45, 7) is 4.38. The standard InChI is InChI=1S/C11H20N6O2/c1-5-6-13-8(18)7(2)14-10-15-9(12-3)16-11(17-10)19-4/h7H,5-6H2,1-4H3,(H,13,18)(H2,12,14,15,16,17). The fraction of sp³-hybridized carbons (Fsp3) is 0.636. The molecular formula is C11H20N6O2. The Hall–Kier alpha value is -2.12. The van der Waals surface area contributed by atoms with E-state index in [1.807, 2.05) is 6.92 Å². The quantitative estimate of drug-likeness (QED) is 0.651. The highest BCUT2D eigenvalue weighted by molar-refractivity contribution is 5.83. The highest BCUT2D eigenvalue weighted by atomic mass is 16.5. The van der Waals surface area contributed by atoms with Gasteiger partial charge >= 0.3 is 6.01 Å². The molecular weight excluding hydrogens is 248 g/mol. The smallest absolute Gasteiger partial charge is 0.322 e. The Kier molecular flexibility index (Phi) is 5.77. The highest BCUT2D eigenvalue weighted by Gasteiger charge is 2.14. The van der Waals surface area contributed by atoms with Gasteiger partial charge in [0.25, 0.3) is 0 Å². The molecule has 1 rings (SSSR count). The van der Waals surface area contributed by atoms with Crippen molar-refractivity contribution in [2.75, 3.05) is 31.3 Å². The summed E-state index contributed by atoms with van der Waals surface area (Å²) < 4.78 is 4.96. The summed E-state index contributed by atoms with van der Waals surface area (Å²) in [6, 6.07) is -0.258. The van der Waals surface area contributed by atoms with Crippen molar-refractivity contribution in [3.8, 4) is 6.01 Å². The number of nitrogens with zero attached hydrogens (tertiary/aromatic N) is 3. The molecule has 1 amide bonds. The Bertz CT molecular complexity index is 403. The molecule has 8 nitrogen and oxygen atoms in total. The monoisotopic (exact) mass is 268 g/mol. The van der Waals surface area contributed by atoms with Gasteiger partial charge in [-0.1, -0.05) is 6.92 Å². The summed E-state index contributed by atoms with van der Waals surface area (Å²) in [7, 11) is 3.16. The number of hydrogen-bond donors (Lipinski definition) is 3. The maximum Gasteiger partial charge on any atom is 0.322 e.